The molecule has 8 rings (SSSR count). The molecule has 0 aliphatic carbocycles. The summed E-state index contributed by atoms with van der Waals surface area (Å²) in [5.74, 6) is -0.0729. The molecular formula is C37H41ClF2N6O3. The standard InChI is InChI=1S/C37H41ClF2N6O3/c1-36(2,3)49-35(47)46-24-11-12-25(46)20-44(19-24)33-27-18-41-31(26-9-4-7-22-8-5-10-28(38)29(22)26)30(40)32(27)42-34(43-33)48-21-37-14-6-16-45(37)23(17-39)13-15-37/h4-5,7-10,18,23-25H,6,11-17,19-21H2,1-3H3/t23?,24-,25+,37?. The molecule has 4 aliphatic rings. The fourth-order valence-electron chi connectivity index (χ4n) is 8.67. The summed E-state index contributed by atoms with van der Waals surface area (Å²) in [4.78, 5) is 33.7. The average Bonchev–Trinajstić information content (AvgIpc) is 3.72. The lowest BCUT2D eigenvalue weighted by atomic mass is 9.95. The van der Waals surface area contributed by atoms with Gasteiger partial charge in [-0.2, -0.15) is 9.97 Å². The predicted molar refractivity (Wildman–Crippen MR) is 186 cm³/mol. The van der Waals surface area contributed by atoms with Gasteiger partial charge >= 0.3 is 12.1 Å². The van der Waals surface area contributed by atoms with Crippen molar-refractivity contribution in [2.24, 2.45) is 0 Å². The first-order valence-corrected chi connectivity index (χ1v) is 17.7. The van der Waals surface area contributed by atoms with E-state index in [0.29, 0.717) is 46.9 Å². The van der Waals surface area contributed by atoms with E-state index in [1.807, 2.05) is 56.0 Å². The topological polar surface area (TPSA) is 83.9 Å². The van der Waals surface area contributed by atoms with Crippen LogP contribution in [0.4, 0.5) is 19.4 Å². The lowest BCUT2D eigenvalue weighted by molar-refractivity contribution is 0.0122. The van der Waals surface area contributed by atoms with Gasteiger partial charge in [0.05, 0.1) is 23.0 Å². The second-order valence-electron chi connectivity index (χ2n) is 15.0. The zero-order chi connectivity index (χ0) is 34.1. The molecule has 2 aromatic heterocycles. The molecule has 4 atom stereocenters. The number of ether oxygens (including phenoxy) is 2. The molecular weight excluding hydrogens is 650 g/mol. The summed E-state index contributed by atoms with van der Waals surface area (Å²) in [7, 11) is 0. The second-order valence-corrected chi connectivity index (χ2v) is 15.4. The Labute approximate surface area is 289 Å². The molecule has 4 aromatic rings. The number of halogens is 3. The highest BCUT2D eigenvalue weighted by Gasteiger charge is 2.50. The number of aromatic nitrogens is 3. The highest BCUT2D eigenvalue weighted by molar-refractivity contribution is 6.36. The minimum Gasteiger partial charge on any atom is -0.461 e. The van der Waals surface area contributed by atoms with Crippen LogP contribution < -0.4 is 9.64 Å². The molecule has 4 aliphatic heterocycles. The predicted octanol–water partition coefficient (Wildman–Crippen LogP) is 7.57. The van der Waals surface area contributed by atoms with E-state index >= 15 is 4.39 Å². The maximum atomic E-state index is 16.9. The molecule has 0 spiro atoms. The molecule has 49 heavy (non-hydrogen) atoms. The van der Waals surface area contributed by atoms with E-state index in [9.17, 15) is 9.18 Å². The average molecular weight is 691 g/mol. The van der Waals surface area contributed by atoms with Crippen molar-refractivity contribution in [2.75, 3.05) is 37.8 Å². The van der Waals surface area contributed by atoms with Gasteiger partial charge in [0.1, 0.15) is 35.9 Å². The first-order valence-electron chi connectivity index (χ1n) is 17.3. The van der Waals surface area contributed by atoms with Crippen LogP contribution in [0.5, 0.6) is 6.01 Å². The molecule has 6 heterocycles. The maximum Gasteiger partial charge on any atom is 0.410 e. The van der Waals surface area contributed by atoms with Gasteiger partial charge in [-0.25, -0.2) is 13.6 Å². The number of alkyl halides is 1. The van der Waals surface area contributed by atoms with Crippen molar-refractivity contribution in [1.29, 1.82) is 0 Å². The van der Waals surface area contributed by atoms with Gasteiger partial charge in [0.25, 0.3) is 0 Å². The van der Waals surface area contributed by atoms with E-state index in [1.165, 1.54) is 0 Å². The molecule has 2 aromatic carbocycles. The summed E-state index contributed by atoms with van der Waals surface area (Å²) in [5, 5.41) is 2.55. The van der Waals surface area contributed by atoms with Gasteiger partial charge in [-0.15, -0.1) is 0 Å². The lowest BCUT2D eigenvalue weighted by Crippen LogP contribution is -2.57. The monoisotopic (exact) mass is 690 g/mol. The van der Waals surface area contributed by atoms with E-state index in [4.69, 9.17) is 26.1 Å². The van der Waals surface area contributed by atoms with Crippen molar-refractivity contribution in [3.05, 3.63) is 53.4 Å². The van der Waals surface area contributed by atoms with Crippen molar-refractivity contribution >= 4 is 45.2 Å². The number of pyridine rings is 1. The second kappa shape index (κ2) is 12.2. The van der Waals surface area contributed by atoms with E-state index < -0.39 is 11.4 Å². The normalized spacial score (nSPS) is 25.4. The van der Waals surface area contributed by atoms with Crippen molar-refractivity contribution in [3.63, 3.8) is 0 Å². The molecule has 0 radical (unpaired) electrons. The molecule has 4 fully saturated rings. The van der Waals surface area contributed by atoms with Crippen LogP contribution in [0.15, 0.2) is 42.6 Å². The van der Waals surface area contributed by atoms with Crippen LogP contribution in [-0.2, 0) is 4.74 Å². The zero-order valence-corrected chi connectivity index (χ0v) is 28.8. The number of hydrogen-bond acceptors (Lipinski definition) is 8. The number of fused-ring (bicyclic) bond motifs is 5. The van der Waals surface area contributed by atoms with Gasteiger partial charge in [-0.05, 0) is 77.3 Å². The van der Waals surface area contributed by atoms with Crippen LogP contribution in [0.2, 0.25) is 5.02 Å². The largest absolute Gasteiger partial charge is 0.461 e. The molecule has 12 heteroatoms. The van der Waals surface area contributed by atoms with Crippen LogP contribution in [0, 0.1) is 5.82 Å². The highest BCUT2D eigenvalue weighted by Crippen LogP contribution is 2.44. The molecule has 0 N–H and O–H groups in total. The highest BCUT2D eigenvalue weighted by atomic mass is 35.5. The zero-order valence-electron chi connectivity index (χ0n) is 28.1. The third kappa shape index (κ3) is 5.62. The molecule has 2 unspecified atom stereocenters. The summed E-state index contributed by atoms with van der Waals surface area (Å²) in [6.07, 6.45) is 6.49. The maximum absolute atomic E-state index is 16.9. The first-order chi connectivity index (χ1) is 23.5. The smallest absolute Gasteiger partial charge is 0.410 e. The Kier molecular flexibility index (Phi) is 8.06. The Bertz CT molecular complexity index is 1920. The van der Waals surface area contributed by atoms with Crippen LogP contribution in [0.1, 0.15) is 59.3 Å². The first kappa shape index (κ1) is 32.4. The SMILES string of the molecule is CC(C)(C)OC(=O)N1[C@@H]2CC[C@H]1CN(c1nc(OCC34CCCN3C(CF)CC4)nc3c(F)c(-c4cccc5cccc(Cl)c45)ncc13)C2. The third-order valence-corrected chi connectivity index (χ3v) is 11.1. The number of piperazine rings is 1. The quantitative estimate of drug-likeness (QED) is 0.205. The van der Waals surface area contributed by atoms with Gasteiger partial charge in [-0.3, -0.25) is 14.8 Å². The van der Waals surface area contributed by atoms with E-state index in [0.717, 1.165) is 50.5 Å². The third-order valence-electron chi connectivity index (χ3n) is 10.8. The Morgan fingerprint density at radius 1 is 1.06 bits per heavy atom. The van der Waals surface area contributed by atoms with Gasteiger partial charge < -0.3 is 14.4 Å². The van der Waals surface area contributed by atoms with E-state index in [2.05, 4.69) is 19.8 Å². The van der Waals surface area contributed by atoms with Gasteiger partial charge in [0.15, 0.2) is 5.82 Å². The number of rotatable bonds is 6. The van der Waals surface area contributed by atoms with Gasteiger partial charge in [0.2, 0.25) is 0 Å². The Morgan fingerprint density at radius 2 is 1.82 bits per heavy atom. The van der Waals surface area contributed by atoms with Crippen LogP contribution in [0.3, 0.4) is 0 Å². The fourth-order valence-corrected chi connectivity index (χ4v) is 8.96. The number of carbonyl (C=O) groups is 1. The van der Waals surface area contributed by atoms with Gasteiger partial charge in [-0.1, -0.05) is 41.9 Å². The molecule has 258 valence electrons. The lowest BCUT2D eigenvalue weighted by Gasteiger charge is -2.42. The minimum atomic E-state index is -0.601. The van der Waals surface area contributed by atoms with E-state index in [-0.39, 0.29) is 53.7 Å². The van der Waals surface area contributed by atoms with Crippen molar-refractivity contribution in [3.8, 4) is 17.3 Å². The molecule has 9 nitrogen and oxygen atoms in total. The molecule has 0 saturated carbocycles. The number of nitrogens with zero attached hydrogens (tertiary/aromatic N) is 6. The van der Waals surface area contributed by atoms with E-state index in [1.54, 1.807) is 12.3 Å². The van der Waals surface area contributed by atoms with Crippen LogP contribution >= 0.6 is 11.6 Å². The number of hydrogen-bond donors (Lipinski definition) is 0. The number of carbonyl (C=O) groups excluding carboxylic acids is 1. The molecule has 4 saturated heterocycles. The summed E-state index contributed by atoms with van der Waals surface area (Å²) in [6.45, 7) is 7.36. The minimum absolute atomic E-state index is 0.0707. The summed E-state index contributed by atoms with van der Waals surface area (Å²) >= 11 is 6.64. The molecule has 2 bridgehead atoms. The number of benzene rings is 2. The summed E-state index contributed by atoms with van der Waals surface area (Å²) in [6, 6.07) is 11.0. The Hall–Kier alpha value is -3.83. The Morgan fingerprint density at radius 3 is 2.55 bits per heavy atom. The van der Waals surface area contributed by atoms with Crippen LogP contribution in [0.25, 0.3) is 32.9 Å². The van der Waals surface area contributed by atoms with Crippen molar-refractivity contribution in [2.45, 2.75) is 88.6 Å². The number of anilines is 1. The van der Waals surface area contributed by atoms with Gasteiger partial charge in [0, 0.05) is 41.3 Å². The Balaban J connectivity index is 1.19. The summed E-state index contributed by atoms with van der Waals surface area (Å²) in [5.41, 5.74) is -0.0771. The number of amides is 1. The molecule has 1 amide bonds. The summed E-state index contributed by atoms with van der Waals surface area (Å²) < 4.78 is 42.9. The fraction of sp³-hybridized carbons (Fsp3) is 0.514. The van der Waals surface area contributed by atoms with Crippen molar-refractivity contribution < 1.29 is 23.0 Å². The van der Waals surface area contributed by atoms with Crippen molar-refractivity contribution in [1.82, 2.24) is 24.8 Å². The van der Waals surface area contributed by atoms with Crippen LogP contribution in [-0.4, -0.2) is 93.0 Å².